The Hall–Kier alpha value is -3.44. The van der Waals surface area contributed by atoms with E-state index in [1.807, 2.05) is 42.5 Å². The molecule has 6 nitrogen and oxygen atoms in total. The number of halogens is 2. The summed E-state index contributed by atoms with van der Waals surface area (Å²) >= 11 is 6.30. The fraction of sp³-hybridized carbons (Fsp3) is 0.360. The molecule has 2 heterocycles. The minimum atomic E-state index is -2.24. The van der Waals surface area contributed by atoms with Crippen LogP contribution in [0, 0.1) is 62.0 Å². The highest BCUT2D eigenvalue weighted by atomic mass is 35.5. The second-order valence-corrected chi connectivity index (χ2v) is 9.17. The average Bonchev–Trinajstić information content (AvgIpc) is 3.03. The van der Waals surface area contributed by atoms with Gasteiger partial charge >= 0.3 is 0 Å². The van der Waals surface area contributed by atoms with Crippen LogP contribution in [0.3, 0.4) is 0 Å². The number of hydrogen-bond donors (Lipinski definition) is 1. The summed E-state index contributed by atoms with van der Waals surface area (Å²) in [6.07, 6.45) is -0.172. The molecule has 0 aromatic heterocycles. The van der Waals surface area contributed by atoms with E-state index in [1.165, 1.54) is 12.1 Å². The lowest BCUT2D eigenvalue weighted by molar-refractivity contribution is -0.296. The fourth-order valence-corrected chi connectivity index (χ4v) is 6.15. The zero-order valence-corrected chi connectivity index (χ0v) is 18.1. The molecule has 2 aliphatic heterocycles. The number of nitrogens with one attached hydrogen (secondary N) is 1. The Labute approximate surface area is 195 Å². The second kappa shape index (κ2) is 7.29. The summed E-state index contributed by atoms with van der Waals surface area (Å²) < 4.78 is 27.2. The molecule has 0 radical (unpaired) electrons. The van der Waals surface area contributed by atoms with E-state index in [1.54, 1.807) is 0 Å². The minimum absolute atomic E-state index is 0.0262. The third-order valence-corrected chi connectivity index (χ3v) is 7.77. The van der Waals surface area contributed by atoms with Crippen LogP contribution in [0.15, 0.2) is 48.5 Å². The lowest BCUT2D eigenvalue weighted by atomic mass is 9.50. The second-order valence-electron chi connectivity index (χ2n) is 8.76. The van der Waals surface area contributed by atoms with E-state index < -0.39 is 40.4 Å². The number of ether oxygens (including phenoxy) is 2. The number of nitriles is 3. The molecule has 164 valence electrons. The van der Waals surface area contributed by atoms with E-state index in [-0.39, 0.29) is 16.5 Å². The molecule has 2 aromatic carbocycles. The molecular formula is C25H18ClFN4O2. The summed E-state index contributed by atoms with van der Waals surface area (Å²) in [6, 6.07) is 19.8. The largest absolute Gasteiger partial charge is 0.447 e. The van der Waals surface area contributed by atoms with Crippen LogP contribution >= 0.6 is 11.6 Å². The quantitative estimate of drug-likeness (QED) is 0.646. The van der Waals surface area contributed by atoms with Crippen molar-refractivity contribution in [2.24, 2.45) is 16.7 Å². The molecule has 5 atom stereocenters. The standard InChI is InChI=1S/C25H18ClFN4O2/c26-17-7-4-8-18(27)20(17)21-23(12-28,13-29)24(14-30)19-11-16(15-5-2-1-3-6-15)9-10-25(19,32-21)33-22(24)31/h1-8,16,19,21,31H,9-11H2. The number of nitrogens with zero attached hydrogens (tertiary/aromatic N) is 3. The van der Waals surface area contributed by atoms with Crippen molar-refractivity contribution in [3.05, 3.63) is 70.5 Å². The van der Waals surface area contributed by atoms with Gasteiger partial charge in [-0.05, 0) is 36.5 Å². The van der Waals surface area contributed by atoms with Gasteiger partial charge in [0.1, 0.15) is 11.9 Å². The zero-order valence-electron chi connectivity index (χ0n) is 17.4. The van der Waals surface area contributed by atoms with Crippen LogP contribution in [0.25, 0.3) is 0 Å². The van der Waals surface area contributed by atoms with Crippen molar-refractivity contribution < 1.29 is 13.9 Å². The Morgan fingerprint density at radius 3 is 2.39 bits per heavy atom. The van der Waals surface area contributed by atoms with Crippen LogP contribution in [0.4, 0.5) is 4.39 Å². The van der Waals surface area contributed by atoms with Crippen LogP contribution in [0.1, 0.15) is 42.4 Å². The van der Waals surface area contributed by atoms with Crippen molar-refractivity contribution in [2.45, 2.75) is 37.1 Å². The SMILES string of the molecule is N#CC1(C#N)C(c2c(F)cccc2Cl)OC23CCC(c4ccccc4)CC2C1(C#N)C(=N)O3. The highest BCUT2D eigenvalue weighted by molar-refractivity contribution is 6.31. The van der Waals surface area contributed by atoms with E-state index in [0.29, 0.717) is 19.3 Å². The van der Waals surface area contributed by atoms with E-state index in [4.69, 9.17) is 26.5 Å². The van der Waals surface area contributed by atoms with Gasteiger partial charge in [0, 0.05) is 17.0 Å². The first-order chi connectivity index (χ1) is 15.9. The summed E-state index contributed by atoms with van der Waals surface area (Å²) in [5, 5.41) is 39.8. The van der Waals surface area contributed by atoms with Crippen molar-refractivity contribution in [3.8, 4) is 18.2 Å². The zero-order chi connectivity index (χ0) is 23.4. The maximum atomic E-state index is 15.0. The maximum Gasteiger partial charge on any atom is 0.217 e. The Kier molecular flexibility index (Phi) is 4.73. The molecule has 2 bridgehead atoms. The normalized spacial score (nSPS) is 33.7. The summed E-state index contributed by atoms with van der Waals surface area (Å²) in [7, 11) is 0. The highest BCUT2D eigenvalue weighted by Gasteiger charge is 2.81. The first kappa shape index (κ1) is 21.4. The minimum Gasteiger partial charge on any atom is -0.447 e. The van der Waals surface area contributed by atoms with Crippen molar-refractivity contribution >= 4 is 17.5 Å². The first-order valence-corrected chi connectivity index (χ1v) is 11.0. The van der Waals surface area contributed by atoms with Gasteiger partial charge in [-0.2, -0.15) is 15.8 Å². The van der Waals surface area contributed by atoms with Crippen LogP contribution < -0.4 is 0 Å². The molecule has 3 aliphatic rings. The van der Waals surface area contributed by atoms with Crippen LogP contribution in [0.5, 0.6) is 0 Å². The molecule has 5 rings (SSSR count). The molecule has 8 heteroatoms. The highest BCUT2D eigenvalue weighted by Crippen LogP contribution is 2.71. The van der Waals surface area contributed by atoms with Crippen LogP contribution in [-0.4, -0.2) is 11.7 Å². The number of rotatable bonds is 2. The van der Waals surface area contributed by atoms with Crippen molar-refractivity contribution in [2.75, 3.05) is 0 Å². The van der Waals surface area contributed by atoms with Gasteiger partial charge in [-0.15, -0.1) is 0 Å². The summed E-state index contributed by atoms with van der Waals surface area (Å²) in [6.45, 7) is 0. The van der Waals surface area contributed by atoms with E-state index >= 15 is 0 Å². The molecule has 33 heavy (non-hydrogen) atoms. The predicted molar refractivity (Wildman–Crippen MR) is 115 cm³/mol. The van der Waals surface area contributed by atoms with Crippen molar-refractivity contribution in [1.82, 2.24) is 0 Å². The Morgan fingerprint density at radius 1 is 1.03 bits per heavy atom. The van der Waals surface area contributed by atoms with E-state index in [9.17, 15) is 20.2 Å². The molecule has 5 unspecified atom stereocenters. The molecule has 1 aliphatic carbocycles. The van der Waals surface area contributed by atoms with Gasteiger partial charge in [0.25, 0.3) is 0 Å². The van der Waals surface area contributed by atoms with Gasteiger partial charge in [0.05, 0.1) is 24.1 Å². The van der Waals surface area contributed by atoms with Crippen LogP contribution in [-0.2, 0) is 9.47 Å². The topological polar surface area (TPSA) is 114 Å². The summed E-state index contributed by atoms with van der Waals surface area (Å²) in [4.78, 5) is 0. The molecule has 2 saturated heterocycles. The lowest BCUT2D eigenvalue weighted by Gasteiger charge is -2.52. The maximum absolute atomic E-state index is 15.0. The number of hydrogen-bond acceptors (Lipinski definition) is 6. The van der Waals surface area contributed by atoms with Gasteiger partial charge in [-0.3, -0.25) is 5.41 Å². The Morgan fingerprint density at radius 2 is 1.76 bits per heavy atom. The van der Waals surface area contributed by atoms with Gasteiger partial charge in [0.2, 0.25) is 17.1 Å². The molecule has 0 amide bonds. The molecule has 1 saturated carbocycles. The van der Waals surface area contributed by atoms with Crippen LogP contribution in [0.2, 0.25) is 5.02 Å². The molecule has 0 spiro atoms. The van der Waals surface area contributed by atoms with Gasteiger partial charge in [-0.1, -0.05) is 48.0 Å². The van der Waals surface area contributed by atoms with E-state index in [0.717, 1.165) is 11.6 Å². The lowest BCUT2D eigenvalue weighted by Crippen LogP contribution is -2.61. The molecular weight excluding hydrogens is 443 g/mol. The van der Waals surface area contributed by atoms with Gasteiger partial charge in [-0.25, -0.2) is 4.39 Å². The summed E-state index contributed by atoms with van der Waals surface area (Å²) in [5.41, 5.74) is -3.31. The Bertz CT molecular complexity index is 1250. The number of benzene rings is 2. The fourth-order valence-electron chi connectivity index (χ4n) is 5.89. The van der Waals surface area contributed by atoms with Gasteiger partial charge in [0.15, 0.2) is 5.41 Å². The molecule has 2 aromatic rings. The third-order valence-electron chi connectivity index (χ3n) is 7.44. The van der Waals surface area contributed by atoms with E-state index in [2.05, 4.69) is 6.07 Å². The summed E-state index contributed by atoms with van der Waals surface area (Å²) in [5.74, 6) is -3.40. The third kappa shape index (κ3) is 2.57. The molecule has 1 N–H and O–H groups in total. The Balaban J connectivity index is 1.72. The first-order valence-electron chi connectivity index (χ1n) is 10.6. The van der Waals surface area contributed by atoms with Crippen molar-refractivity contribution in [3.63, 3.8) is 0 Å². The van der Waals surface area contributed by atoms with Crippen molar-refractivity contribution in [1.29, 1.82) is 21.2 Å². The predicted octanol–water partition coefficient (Wildman–Crippen LogP) is 5.38. The monoisotopic (exact) mass is 460 g/mol. The smallest absolute Gasteiger partial charge is 0.217 e. The van der Waals surface area contributed by atoms with Gasteiger partial charge < -0.3 is 9.47 Å². The molecule has 3 fully saturated rings. The average molecular weight is 461 g/mol.